The van der Waals surface area contributed by atoms with E-state index in [4.69, 9.17) is 10.8 Å². The Balaban J connectivity index is 2.11. The SMILES string of the molecule is CC(C)(C)c1nc(N)c2c(I)nn([C@H]3CCN(C(=O)O)C3)c2n1. The molecule has 0 bridgehead atoms. The van der Waals surface area contributed by atoms with E-state index in [9.17, 15) is 4.79 Å². The molecule has 1 aliphatic heterocycles. The van der Waals surface area contributed by atoms with E-state index in [-0.39, 0.29) is 11.5 Å². The number of hydrogen-bond donors (Lipinski definition) is 2. The largest absolute Gasteiger partial charge is 0.465 e. The van der Waals surface area contributed by atoms with E-state index in [0.29, 0.717) is 36.8 Å². The summed E-state index contributed by atoms with van der Waals surface area (Å²) in [5.41, 5.74) is 6.58. The predicted molar refractivity (Wildman–Crippen MR) is 94.4 cm³/mol. The van der Waals surface area contributed by atoms with Crippen LogP contribution in [-0.2, 0) is 5.41 Å². The molecule has 9 heteroatoms. The number of halogens is 1. The highest BCUT2D eigenvalue weighted by Crippen LogP contribution is 2.31. The molecule has 2 aromatic rings. The number of carbonyl (C=O) groups is 1. The Bertz CT molecular complexity index is 782. The van der Waals surface area contributed by atoms with Crippen LogP contribution in [0.25, 0.3) is 11.0 Å². The monoisotopic (exact) mass is 430 g/mol. The molecule has 3 rings (SSSR count). The molecule has 1 amide bonds. The Kier molecular flexibility index (Phi) is 3.85. The van der Waals surface area contributed by atoms with Gasteiger partial charge in [0.1, 0.15) is 15.3 Å². The molecule has 3 heterocycles. The van der Waals surface area contributed by atoms with Gasteiger partial charge >= 0.3 is 6.09 Å². The lowest BCUT2D eigenvalue weighted by Crippen LogP contribution is -2.27. The molecule has 0 saturated carbocycles. The average molecular weight is 430 g/mol. The van der Waals surface area contributed by atoms with Crippen molar-refractivity contribution >= 4 is 45.5 Å². The van der Waals surface area contributed by atoms with E-state index in [1.165, 1.54) is 4.90 Å². The Morgan fingerprint density at radius 3 is 2.65 bits per heavy atom. The summed E-state index contributed by atoms with van der Waals surface area (Å²) in [6.45, 7) is 7.00. The van der Waals surface area contributed by atoms with Crippen molar-refractivity contribution in [2.24, 2.45) is 0 Å². The van der Waals surface area contributed by atoms with Gasteiger partial charge in [0, 0.05) is 18.5 Å². The topological polar surface area (TPSA) is 110 Å². The van der Waals surface area contributed by atoms with Crippen LogP contribution in [0.15, 0.2) is 0 Å². The molecule has 0 aromatic carbocycles. The van der Waals surface area contributed by atoms with Gasteiger partial charge in [-0.25, -0.2) is 19.4 Å². The van der Waals surface area contributed by atoms with Gasteiger partial charge in [-0.1, -0.05) is 20.8 Å². The lowest BCUT2D eigenvalue weighted by Gasteiger charge is -2.18. The number of nitrogens with zero attached hydrogens (tertiary/aromatic N) is 5. The molecule has 1 aliphatic rings. The Morgan fingerprint density at radius 1 is 1.39 bits per heavy atom. The highest BCUT2D eigenvalue weighted by molar-refractivity contribution is 14.1. The maximum absolute atomic E-state index is 11.1. The first-order chi connectivity index (χ1) is 10.7. The number of nitrogen functional groups attached to an aromatic ring is 1. The molecule has 1 saturated heterocycles. The number of rotatable bonds is 1. The van der Waals surface area contributed by atoms with Crippen LogP contribution in [0.2, 0.25) is 0 Å². The van der Waals surface area contributed by atoms with Crippen LogP contribution in [0.5, 0.6) is 0 Å². The van der Waals surface area contributed by atoms with Gasteiger partial charge in [-0.2, -0.15) is 5.10 Å². The van der Waals surface area contributed by atoms with Gasteiger partial charge in [0.05, 0.1) is 11.4 Å². The molecule has 0 radical (unpaired) electrons. The Morgan fingerprint density at radius 2 is 2.09 bits per heavy atom. The highest BCUT2D eigenvalue weighted by atomic mass is 127. The first-order valence-electron chi connectivity index (χ1n) is 7.38. The fourth-order valence-corrected chi connectivity index (χ4v) is 3.48. The third-order valence-corrected chi connectivity index (χ3v) is 4.74. The standard InChI is InChI=1S/C14H19IN6O2/c1-14(2,3)12-17-10(16)8-9(15)19-21(11(8)18-12)7-4-5-20(6-7)13(22)23/h7H,4-6H2,1-3H3,(H,22,23)(H2,16,17,18)/t7-/m0/s1. The van der Waals surface area contributed by atoms with Crippen LogP contribution >= 0.6 is 22.6 Å². The van der Waals surface area contributed by atoms with Crippen LogP contribution in [0.4, 0.5) is 10.6 Å². The average Bonchev–Trinajstić information content (AvgIpc) is 3.02. The second-order valence-corrected chi connectivity index (χ2v) is 7.81. The van der Waals surface area contributed by atoms with Crippen LogP contribution in [0.1, 0.15) is 39.1 Å². The van der Waals surface area contributed by atoms with Crippen molar-refractivity contribution in [3.05, 3.63) is 9.53 Å². The van der Waals surface area contributed by atoms with Gasteiger partial charge in [0.2, 0.25) is 0 Å². The molecule has 3 N–H and O–H groups in total. The van der Waals surface area contributed by atoms with Crippen LogP contribution in [0, 0.1) is 3.70 Å². The molecule has 0 spiro atoms. The first-order valence-corrected chi connectivity index (χ1v) is 8.46. The van der Waals surface area contributed by atoms with Gasteiger partial charge in [-0.15, -0.1) is 0 Å². The number of likely N-dealkylation sites (tertiary alicyclic amines) is 1. The number of hydrogen-bond acceptors (Lipinski definition) is 5. The smallest absolute Gasteiger partial charge is 0.407 e. The fourth-order valence-electron chi connectivity index (χ4n) is 2.73. The van der Waals surface area contributed by atoms with Crippen molar-refractivity contribution in [2.75, 3.05) is 18.8 Å². The Hall–Kier alpha value is -1.65. The molecule has 8 nitrogen and oxygen atoms in total. The van der Waals surface area contributed by atoms with E-state index < -0.39 is 6.09 Å². The second-order valence-electron chi connectivity index (χ2n) is 6.79. The molecule has 0 unspecified atom stereocenters. The van der Waals surface area contributed by atoms with Crippen molar-refractivity contribution in [1.29, 1.82) is 0 Å². The maximum atomic E-state index is 11.1. The summed E-state index contributed by atoms with van der Waals surface area (Å²) in [7, 11) is 0. The van der Waals surface area contributed by atoms with E-state index in [2.05, 4.69) is 37.7 Å². The van der Waals surface area contributed by atoms with Crippen LogP contribution in [-0.4, -0.2) is 48.9 Å². The minimum atomic E-state index is -0.900. The maximum Gasteiger partial charge on any atom is 0.407 e. The van der Waals surface area contributed by atoms with Crippen LogP contribution < -0.4 is 5.73 Å². The van der Waals surface area contributed by atoms with Crippen molar-refractivity contribution in [2.45, 2.75) is 38.6 Å². The molecule has 23 heavy (non-hydrogen) atoms. The van der Waals surface area contributed by atoms with E-state index >= 15 is 0 Å². The molecule has 2 aromatic heterocycles. The lowest BCUT2D eigenvalue weighted by atomic mass is 9.95. The third-order valence-electron chi connectivity index (χ3n) is 3.99. The zero-order chi connectivity index (χ0) is 16.9. The summed E-state index contributed by atoms with van der Waals surface area (Å²) in [6.07, 6.45) is -0.184. The Labute approximate surface area is 147 Å². The molecule has 0 aliphatic carbocycles. The first kappa shape index (κ1) is 16.2. The van der Waals surface area contributed by atoms with Gasteiger partial charge in [-0.05, 0) is 29.0 Å². The van der Waals surface area contributed by atoms with E-state index in [0.717, 1.165) is 9.09 Å². The number of amides is 1. The van der Waals surface area contributed by atoms with Crippen molar-refractivity contribution in [3.8, 4) is 0 Å². The van der Waals surface area contributed by atoms with Crippen molar-refractivity contribution < 1.29 is 9.90 Å². The van der Waals surface area contributed by atoms with Crippen LogP contribution in [0.3, 0.4) is 0 Å². The quantitative estimate of drug-likeness (QED) is 0.672. The number of nitrogens with two attached hydrogens (primary N) is 1. The van der Waals surface area contributed by atoms with Gasteiger partial charge in [0.15, 0.2) is 5.65 Å². The summed E-state index contributed by atoms with van der Waals surface area (Å²) in [5, 5.41) is 14.4. The molecular weight excluding hydrogens is 411 g/mol. The minimum absolute atomic E-state index is 0.0285. The highest BCUT2D eigenvalue weighted by Gasteiger charge is 2.31. The summed E-state index contributed by atoms with van der Waals surface area (Å²) < 4.78 is 2.55. The molecular formula is C14H19IN6O2. The number of fused-ring (bicyclic) bond motifs is 1. The van der Waals surface area contributed by atoms with E-state index in [1.807, 2.05) is 25.5 Å². The molecule has 124 valence electrons. The van der Waals surface area contributed by atoms with Gasteiger partial charge < -0.3 is 15.7 Å². The predicted octanol–water partition coefficient (Wildman–Crippen LogP) is 2.24. The van der Waals surface area contributed by atoms with E-state index in [1.54, 1.807) is 0 Å². The van der Waals surface area contributed by atoms with Gasteiger partial charge in [-0.3, -0.25) is 0 Å². The minimum Gasteiger partial charge on any atom is -0.465 e. The summed E-state index contributed by atoms with van der Waals surface area (Å²) in [6, 6.07) is -0.0285. The number of carboxylic acid groups (broad SMARTS) is 1. The molecule has 1 fully saturated rings. The van der Waals surface area contributed by atoms with Gasteiger partial charge in [0.25, 0.3) is 0 Å². The number of anilines is 1. The summed E-state index contributed by atoms with van der Waals surface area (Å²) in [5.74, 6) is 1.08. The third kappa shape index (κ3) is 2.81. The zero-order valence-corrected chi connectivity index (χ0v) is 15.4. The fraction of sp³-hybridized carbons (Fsp3) is 0.571. The second kappa shape index (κ2) is 5.46. The normalized spacial score (nSPS) is 18.8. The summed E-state index contributed by atoms with van der Waals surface area (Å²) in [4.78, 5) is 21.6. The number of aromatic nitrogens is 4. The summed E-state index contributed by atoms with van der Waals surface area (Å²) >= 11 is 2.12. The lowest BCUT2D eigenvalue weighted by molar-refractivity contribution is 0.154. The van der Waals surface area contributed by atoms with Crippen molar-refractivity contribution in [3.63, 3.8) is 0 Å². The zero-order valence-electron chi connectivity index (χ0n) is 13.2. The molecule has 1 atom stereocenters. The van der Waals surface area contributed by atoms with Crippen molar-refractivity contribution in [1.82, 2.24) is 24.6 Å².